The highest BCUT2D eigenvalue weighted by molar-refractivity contribution is 6.53. The van der Waals surface area contributed by atoms with E-state index < -0.39 is 17.6 Å². The summed E-state index contributed by atoms with van der Waals surface area (Å²) in [6, 6.07) is 1.50. The molecule has 22 heavy (non-hydrogen) atoms. The Morgan fingerprint density at radius 1 is 1.14 bits per heavy atom. The lowest BCUT2D eigenvalue weighted by molar-refractivity contribution is -0.118. The van der Waals surface area contributed by atoms with Gasteiger partial charge in [0.1, 0.15) is 0 Å². The summed E-state index contributed by atoms with van der Waals surface area (Å²) in [6.07, 6.45) is -0.0604. The lowest BCUT2D eigenvalue weighted by atomic mass is 10.1. The van der Waals surface area contributed by atoms with E-state index in [0.717, 1.165) is 0 Å². The molecule has 2 amide bonds. The second-order valence-electron chi connectivity index (χ2n) is 4.54. The first-order valence-electron chi connectivity index (χ1n) is 6.43. The number of carbonyl (C=O) groups excluding carboxylic acids is 3. The smallest absolute Gasteiger partial charge is 0.299 e. The minimum atomic E-state index is -0.746. The average Bonchev–Trinajstić information content (AvgIpc) is 2.74. The monoisotopic (exact) mass is 308 g/mol. The SMILES string of the molecule is COc1cc2c(c(OC)c1OC)C(=O)C(=O)N2CCC(N)=O. The molecule has 1 aromatic carbocycles. The molecule has 2 rings (SSSR count). The predicted molar refractivity (Wildman–Crippen MR) is 76.6 cm³/mol. The van der Waals surface area contributed by atoms with Crippen LogP contribution in [0.2, 0.25) is 0 Å². The number of nitrogens with zero attached hydrogens (tertiary/aromatic N) is 1. The molecule has 0 bridgehead atoms. The average molecular weight is 308 g/mol. The Labute approximate surface area is 126 Å². The highest BCUT2D eigenvalue weighted by Crippen LogP contribution is 2.47. The van der Waals surface area contributed by atoms with E-state index in [1.165, 1.54) is 32.3 Å². The molecule has 8 heteroatoms. The zero-order valence-corrected chi connectivity index (χ0v) is 12.5. The first-order valence-corrected chi connectivity index (χ1v) is 6.43. The fourth-order valence-electron chi connectivity index (χ4n) is 2.36. The van der Waals surface area contributed by atoms with Crippen molar-refractivity contribution in [2.45, 2.75) is 6.42 Å². The number of fused-ring (bicyclic) bond motifs is 1. The molecule has 0 atom stereocenters. The molecule has 0 spiro atoms. The molecule has 0 fully saturated rings. The number of Topliss-reactive ketones (excluding diaryl/α,β-unsaturated/α-hetero) is 1. The number of nitrogens with two attached hydrogens (primary N) is 1. The number of primary amides is 1. The number of ketones is 1. The molecule has 1 aliphatic heterocycles. The van der Waals surface area contributed by atoms with Crippen molar-refractivity contribution in [2.75, 3.05) is 32.8 Å². The van der Waals surface area contributed by atoms with Gasteiger partial charge in [0.25, 0.3) is 11.7 Å². The Hall–Kier alpha value is -2.77. The topological polar surface area (TPSA) is 108 Å². The van der Waals surface area contributed by atoms with E-state index >= 15 is 0 Å². The summed E-state index contributed by atoms with van der Waals surface area (Å²) in [5.41, 5.74) is 5.50. The van der Waals surface area contributed by atoms with Gasteiger partial charge in [-0.2, -0.15) is 0 Å². The van der Waals surface area contributed by atoms with Gasteiger partial charge in [0.15, 0.2) is 11.5 Å². The van der Waals surface area contributed by atoms with Crippen LogP contribution in [0.3, 0.4) is 0 Å². The van der Waals surface area contributed by atoms with Crippen LogP contribution >= 0.6 is 0 Å². The number of hydrogen-bond acceptors (Lipinski definition) is 6. The van der Waals surface area contributed by atoms with Crippen molar-refractivity contribution in [3.63, 3.8) is 0 Å². The summed E-state index contributed by atoms with van der Waals surface area (Å²) in [5.74, 6) is -1.38. The molecule has 0 aliphatic carbocycles. The van der Waals surface area contributed by atoms with Crippen LogP contribution in [0.5, 0.6) is 17.2 Å². The quantitative estimate of drug-likeness (QED) is 0.748. The maximum Gasteiger partial charge on any atom is 0.299 e. The van der Waals surface area contributed by atoms with Gasteiger partial charge in [0.2, 0.25) is 11.7 Å². The van der Waals surface area contributed by atoms with E-state index in [1.807, 2.05) is 0 Å². The molecule has 1 aliphatic rings. The maximum absolute atomic E-state index is 12.2. The lowest BCUT2D eigenvalue weighted by Gasteiger charge is -2.19. The molecule has 0 saturated carbocycles. The van der Waals surface area contributed by atoms with Crippen molar-refractivity contribution in [3.05, 3.63) is 11.6 Å². The Morgan fingerprint density at radius 3 is 2.27 bits per heavy atom. The Balaban J connectivity index is 2.61. The number of amides is 2. The van der Waals surface area contributed by atoms with Crippen molar-refractivity contribution in [3.8, 4) is 17.2 Å². The van der Waals surface area contributed by atoms with Crippen molar-refractivity contribution >= 4 is 23.3 Å². The van der Waals surface area contributed by atoms with Gasteiger partial charge in [-0.1, -0.05) is 0 Å². The first-order chi connectivity index (χ1) is 10.5. The summed E-state index contributed by atoms with van der Waals surface area (Å²) in [6.45, 7) is 0.00550. The van der Waals surface area contributed by atoms with E-state index in [1.54, 1.807) is 0 Å². The molecule has 0 aromatic heterocycles. The van der Waals surface area contributed by atoms with Gasteiger partial charge in [-0.05, 0) is 0 Å². The zero-order valence-electron chi connectivity index (χ0n) is 12.5. The van der Waals surface area contributed by atoms with Crippen LogP contribution in [0.1, 0.15) is 16.8 Å². The van der Waals surface area contributed by atoms with E-state index in [4.69, 9.17) is 19.9 Å². The molecule has 1 aromatic rings. The molecule has 0 radical (unpaired) electrons. The number of ether oxygens (including phenoxy) is 3. The van der Waals surface area contributed by atoms with Gasteiger partial charge in [-0.25, -0.2) is 0 Å². The Bertz CT molecular complexity index is 655. The zero-order chi connectivity index (χ0) is 16.4. The summed E-state index contributed by atoms with van der Waals surface area (Å²) < 4.78 is 15.6. The van der Waals surface area contributed by atoms with Gasteiger partial charge in [0, 0.05) is 19.0 Å². The van der Waals surface area contributed by atoms with Gasteiger partial charge in [-0.15, -0.1) is 0 Å². The number of anilines is 1. The first kappa shape index (κ1) is 15.6. The summed E-state index contributed by atoms with van der Waals surface area (Å²) in [5, 5.41) is 0. The van der Waals surface area contributed by atoms with Crippen LogP contribution in [-0.4, -0.2) is 45.5 Å². The second-order valence-corrected chi connectivity index (χ2v) is 4.54. The van der Waals surface area contributed by atoms with Crippen molar-refractivity contribution in [2.24, 2.45) is 5.73 Å². The van der Waals surface area contributed by atoms with Gasteiger partial charge in [-0.3, -0.25) is 14.4 Å². The van der Waals surface area contributed by atoms with Gasteiger partial charge in [0.05, 0.1) is 32.6 Å². The van der Waals surface area contributed by atoms with E-state index in [9.17, 15) is 14.4 Å². The number of methoxy groups -OCH3 is 3. The van der Waals surface area contributed by atoms with Crippen LogP contribution in [0, 0.1) is 0 Å². The van der Waals surface area contributed by atoms with E-state index in [-0.39, 0.29) is 30.0 Å². The van der Waals surface area contributed by atoms with Gasteiger partial charge < -0.3 is 24.8 Å². The van der Waals surface area contributed by atoms with E-state index in [2.05, 4.69) is 0 Å². The fraction of sp³-hybridized carbons (Fsp3) is 0.357. The molecule has 0 unspecified atom stereocenters. The van der Waals surface area contributed by atoms with Crippen molar-refractivity contribution in [1.29, 1.82) is 0 Å². The second kappa shape index (κ2) is 5.92. The molecule has 2 N–H and O–H groups in total. The summed E-state index contributed by atoms with van der Waals surface area (Å²) in [7, 11) is 4.19. The Kier molecular flexibility index (Phi) is 4.20. The molecule has 1 heterocycles. The predicted octanol–water partition coefficient (Wildman–Crippen LogP) is 0.117. The highest BCUT2D eigenvalue weighted by atomic mass is 16.5. The largest absolute Gasteiger partial charge is 0.493 e. The van der Waals surface area contributed by atoms with Crippen LogP contribution in [-0.2, 0) is 9.59 Å². The summed E-state index contributed by atoms with van der Waals surface area (Å²) >= 11 is 0. The fourth-order valence-corrected chi connectivity index (χ4v) is 2.36. The van der Waals surface area contributed by atoms with Crippen molar-refractivity contribution in [1.82, 2.24) is 0 Å². The highest BCUT2D eigenvalue weighted by Gasteiger charge is 2.41. The lowest BCUT2D eigenvalue weighted by Crippen LogP contribution is -2.32. The number of hydrogen-bond donors (Lipinski definition) is 1. The number of carbonyl (C=O) groups is 3. The molecular formula is C14H16N2O6. The van der Waals surface area contributed by atoms with E-state index in [0.29, 0.717) is 11.4 Å². The summed E-state index contributed by atoms with van der Waals surface area (Å²) in [4.78, 5) is 36.5. The third kappa shape index (κ3) is 2.32. The molecular weight excluding hydrogens is 292 g/mol. The molecule has 118 valence electrons. The number of rotatable bonds is 6. The van der Waals surface area contributed by atoms with Gasteiger partial charge >= 0.3 is 0 Å². The number of benzene rings is 1. The normalized spacial score (nSPS) is 13.1. The molecule has 8 nitrogen and oxygen atoms in total. The Morgan fingerprint density at radius 2 is 1.77 bits per heavy atom. The third-order valence-electron chi connectivity index (χ3n) is 3.35. The van der Waals surface area contributed by atoms with Crippen LogP contribution in [0.15, 0.2) is 6.07 Å². The minimum Gasteiger partial charge on any atom is -0.493 e. The maximum atomic E-state index is 12.2. The van der Waals surface area contributed by atoms with Crippen LogP contribution < -0.4 is 24.8 Å². The standard InChI is InChI=1S/C14H16N2O6/c1-20-8-6-7-10(13(22-3)12(8)21-2)11(18)14(19)16(7)5-4-9(15)17/h6H,4-5H2,1-3H3,(H2,15,17). The molecule has 0 saturated heterocycles. The minimum absolute atomic E-state index is 0.00550. The van der Waals surface area contributed by atoms with Crippen molar-refractivity contribution < 1.29 is 28.6 Å². The third-order valence-corrected chi connectivity index (χ3v) is 3.35. The van der Waals surface area contributed by atoms with Crippen LogP contribution in [0.4, 0.5) is 5.69 Å². The van der Waals surface area contributed by atoms with Crippen LogP contribution in [0.25, 0.3) is 0 Å².